The van der Waals surface area contributed by atoms with Crippen molar-refractivity contribution in [1.29, 1.82) is 0 Å². The van der Waals surface area contributed by atoms with Crippen LogP contribution in [0.25, 0.3) is 22.0 Å². The Kier molecular flexibility index (Phi) is 4.60. The molecular formula is C22H18N2O2S. The van der Waals surface area contributed by atoms with E-state index in [9.17, 15) is 4.79 Å². The van der Waals surface area contributed by atoms with E-state index < -0.39 is 0 Å². The molecule has 0 radical (unpaired) electrons. The summed E-state index contributed by atoms with van der Waals surface area (Å²) in [6, 6.07) is 21.4. The van der Waals surface area contributed by atoms with Crippen LogP contribution in [0, 0.1) is 6.92 Å². The van der Waals surface area contributed by atoms with E-state index in [1.165, 1.54) is 11.3 Å². The second kappa shape index (κ2) is 7.21. The number of rotatable bonds is 4. The fraction of sp³-hybridized carbons (Fsp3) is 0.0909. The molecule has 27 heavy (non-hydrogen) atoms. The normalized spacial score (nSPS) is 10.7. The summed E-state index contributed by atoms with van der Waals surface area (Å²) in [6.45, 7) is 2.00. The van der Waals surface area contributed by atoms with Crippen LogP contribution in [-0.2, 0) is 0 Å². The lowest BCUT2D eigenvalue weighted by atomic mass is 10.1. The van der Waals surface area contributed by atoms with E-state index in [-0.39, 0.29) is 5.91 Å². The Morgan fingerprint density at radius 1 is 1.00 bits per heavy atom. The number of hydrogen-bond acceptors (Lipinski definition) is 4. The van der Waals surface area contributed by atoms with Gasteiger partial charge in [-0.25, -0.2) is 4.98 Å². The Bertz CT molecular complexity index is 1120. The molecule has 3 aromatic carbocycles. The molecule has 0 atom stereocenters. The molecule has 1 amide bonds. The third-order valence-electron chi connectivity index (χ3n) is 4.39. The standard InChI is InChI=1S/C22H18N2O2S/c1-14-20(16-9-11-19(26-2)12-10-16)23-22(27-14)24-21(25)18-8-7-15-5-3-4-6-17(15)13-18/h3-13H,1-2H3,(H,23,24,25). The number of fused-ring (bicyclic) bond motifs is 1. The van der Waals surface area contributed by atoms with Gasteiger partial charge in [-0.2, -0.15) is 0 Å². The molecule has 0 aliphatic rings. The first-order valence-electron chi connectivity index (χ1n) is 8.56. The van der Waals surface area contributed by atoms with Gasteiger partial charge in [0.15, 0.2) is 5.13 Å². The zero-order valence-electron chi connectivity index (χ0n) is 15.0. The second-order valence-electron chi connectivity index (χ2n) is 6.17. The van der Waals surface area contributed by atoms with E-state index in [0.717, 1.165) is 32.7 Å². The lowest BCUT2D eigenvalue weighted by Crippen LogP contribution is -2.11. The van der Waals surface area contributed by atoms with Gasteiger partial charge < -0.3 is 4.74 Å². The molecule has 4 nitrogen and oxygen atoms in total. The Balaban J connectivity index is 1.57. The number of ether oxygens (including phenoxy) is 1. The fourth-order valence-corrected chi connectivity index (χ4v) is 3.80. The molecule has 0 fully saturated rings. The van der Waals surface area contributed by atoms with Crippen LogP contribution in [0.2, 0.25) is 0 Å². The summed E-state index contributed by atoms with van der Waals surface area (Å²) in [5.41, 5.74) is 2.49. The SMILES string of the molecule is COc1ccc(-c2nc(NC(=O)c3ccc4ccccc4c3)sc2C)cc1. The highest BCUT2D eigenvalue weighted by Gasteiger charge is 2.13. The predicted molar refractivity (Wildman–Crippen MR) is 111 cm³/mol. The summed E-state index contributed by atoms with van der Waals surface area (Å²) in [6.07, 6.45) is 0. The van der Waals surface area contributed by atoms with Crippen LogP contribution >= 0.6 is 11.3 Å². The summed E-state index contributed by atoms with van der Waals surface area (Å²) in [4.78, 5) is 18.3. The smallest absolute Gasteiger partial charge is 0.257 e. The molecule has 1 aromatic heterocycles. The topological polar surface area (TPSA) is 51.2 Å². The average Bonchev–Trinajstić information content (AvgIpc) is 3.07. The highest BCUT2D eigenvalue weighted by molar-refractivity contribution is 7.16. The van der Waals surface area contributed by atoms with Crippen LogP contribution in [0.15, 0.2) is 66.7 Å². The zero-order valence-corrected chi connectivity index (χ0v) is 15.8. The molecule has 0 saturated carbocycles. The average molecular weight is 374 g/mol. The lowest BCUT2D eigenvalue weighted by Gasteiger charge is -2.04. The maximum Gasteiger partial charge on any atom is 0.257 e. The van der Waals surface area contributed by atoms with Crippen LogP contribution in [0.4, 0.5) is 5.13 Å². The van der Waals surface area contributed by atoms with Gasteiger partial charge in [-0.05, 0) is 54.1 Å². The molecule has 1 heterocycles. The maximum atomic E-state index is 12.6. The number of methoxy groups -OCH3 is 1. The number of anilines is 1. The fourth-order valence-electron chi connectivity index (χ4n) is 2.97. The predicted octanol–water partition coefficient (Wildman–Crippen LogP) is 5.53. The highest BCUT2D eigenvalue weighted by atomic mass is 32.1. The second-order valence-corrected chi connectivity index (χ2v) is 7.37. The minimum atomic E-state index is -0.157. The van der Waals surface area contributed by atoms with Gasteiger partial charge in [0.2, 0.25) is 0 Å². The number of carbonyl (C=O) groups excluding carboxylic acids is 1. The summed E-state index contributed by atoms with van der Waals surface area (Å²) in [5, 5.41) is 5.67. The van der Waals surface area contributed by atoms with Gasteiger partial charge in [0, 0.05) is 16.0 Å². The monoisotopic (exact) mass is 374 g/mol. The lowest BCUT2D eigenvalue weighted by molar-refractivity contribution is 0.102. The summed E-state index contributed by atoms with van der Waals surface area (Å²) >= 11 is 1.47. The molecule has 5 heteroatoms. The van der Waals surface area contributed by atoms with Gasteiger partial charge in [0.05, 0.1) is 12.8 Å². The molecule has 0 saturated heterocycles. The van der Waals surface area contributed by atoms with E-state index in [0.29, 0.717) is 10.7 Å². The zero-order chi connectivity index (χ0) is 18.8. The van der Waals surface area contributed by atoms with Crippen LogP contribution in [0.5, 0.6) is 5.75 Å². The molecule has 4 aromatic rings. The first kappa shape index (κ1) is 17.2. The molecule has 0 aliphatic heterocycles. The van der Waals surface area contributed by atoms with E-state index >= 15 is 0 Å². The number of thiazole rings is 1. The molecule has 134 valence electrons. The van der Waals surface area contributed by atoms with Crippen molar-refractivity contribution in [2.45, 2.75) is 6.92 Å². The van der Waals surface area contributed by atoms with Crippen LogP contribution in [0.1, 0.15) is 15.2 Å². The van der Waals surface area contributed by atoms with Gasteiger partial charge in [-0.15, -0.1) is 11.3 Å². The van der Waals surface area contributed by atoms with Crippen molar-refractivity contribution >= 4 is 33.1 Å². The van der Waals surface area contributed by atoms with Crippen molar-refractivity contribution < 1.29 is 9.53 Å². The first-order chi connectivity index (χ1) is 13.1. The van der Waals surface area contributed by atoms with Gasteiger partial charge in [0.1, 0.15) is 5.75 Å². The number of hydrogen-bond donors (Lipinski definition) is 1. The molecule has 1 N–H and O–H groups in total. The third-order valence-corrected chi connectivity index (χ3v) is 5.28. The highest BCUT2D eigenvalue weighted by Crippen LogP contribution is 2.31. The summed E-state index contributed by atoms with van der Waals surface area (Å²) in [5.74, 6) is 0.646. The van der Waals surface area contributed by atoms with Crippen LogP contribution < -0.4 is 10.1 Å². The van der Waals surface area contributed by atoms with E-state index in [4.69, 9.17) is 4.74 Å². The minimum Gasteiger partial charge on any atom is -0.497 e. The Morgan fingerprint density at radius 2 is 1.74 bits per heavy atom. The molecular weight excluding hydrogens is 356 g/mol. The number of amides is 1. The quantitative estimate of drug-likeness (QED) is 0.511. The third kappa shape index (κ3) is 3.55. The Hall–Kier alpha value is -3.18. The van der Waals surface area contributed by atoms with Crippen molar-refractivity contribution in [2.75, 3.05) is 12.4 Å². The first-order valence-corrected chi connectivity index (χ1v) is 9.38. The molecule has 0 unspecified atom stereocenters. The molecule has 0 bridgehead atoms. The largest absolute Gasteiger partial charge is 0.497 e. The van der Waals surface area contributed by atoms with Crippen molar-refractivity contribution in [3.05, 3.63) is 77.2 Å². The number of nitrogens with zero attached hydrogens (tertiary/aromatic N) is 1. The summed E-state index contributed by atoms with van der Waals surface area (Å²) < 4.78 is 5.20. The molecule has 0 aliphatic carbocycles. The van der Waals surface area contributed by atoms with Crippen molar-refractivity contribution in [3.8, 4) is 17.0 Å². The van der Waals surface area contributed by atoms with Gasteiger partial charge in [0.25, 0.3) is 5.91 Å². The van der Waals surface area contributed by atoms with Gasteiger partial charge >= 0.3 is 0 Å². The minimum absolute atomic E-state index is 0.157. The summed E-state index contributed by atoms with van der Waals surface area (Å²) in [7, 11) is 1.64. The Morgan fingerprint density at radius 3 is 2.48 bits per heavy atom. The molecule has 0 spiro atoms. The van der Waals surface area contributed by atoms with Gasteiger partial charge in [-0.1, -0.05) is 30.3 Å². The number of aromatic nitrogens is 1. The number of benzene rings is 3. The number of aryl methyl sites for hydroxylation is 1. The van der Waals surface area contributed by atoms with E-state index in [2.05, 4.69) is 10.3 Å². The van der Waals surface area contributed by atoms with Crippen LogP contribution in [-0.4, -0.2) is 18.0 Å². The van der Waals surface area contributed by atoms with E-state index in [1.807, 2.05) is 73.7 Å². The van der Waals surface area contributed by atoms with Crippen molar-refractivity contribution in [1.82, 2.24) is 4.98 Å². The number of carbonyl (C=O) groups is 1. The maximum absolute atomic E-state index is 12.6. The van der Waals surface area contributed by atoms with Crippen LogP contribution in [0.3, 0.4) is 0 Å². The van der Waals surface area contributed by atoms with Gasteiger partial charge in [-0.3, -0.25) is 10.1 Å². The number of nitrogens with one attached hydrogen (secondary N) is 1. The molecule has 4 rings (SSSR count). The van der Waals surface area contributed by atoms with Crippen molar-refractivity contribution in [2.24, 2.45) is 0 Å². The Labute approximate surface area is 161 Å². The van der Waals surface area contributed by atoms with Crippen molar-refractivity contribution in [3.63, 3.8) is 0 Å². The van der Waals surface area contributed by atoms with E-state index in [1.54, 1.807) is 7.11 Å².